The fourth-order valence-electron chi connectivity index (χ4n) is 2.49. The molecule has 0 bridgehead atoms. The summed E-state index contributed by atoms with van der Waals surface area (Å²) in [4.78, 5) is 10.8. The van der Waals surface area contributed by atoms with Gasteiger partial charge < -0.3 is 14.6 Å². The van der Waals surface area contributed by atoms with Gasteiger partial charge in [-0.15, -0.1) is 0 Å². The minimum atomic E-state index is -0.675. The monoisotopic (exact) mass is 278 g/mol. The Labute approximate surface area is 119 Å². The Balaban J connectivity index is 1.60. The van der Waals surface area contributed by atoms with Gasteiger partial charge in [0.2, 0.25) is 0 Å². The van der Waals surface area contributed by atoms with E-state index < -0.39 is 5.97 Å². The van der Waals surface area contributed by atoms with Crippen LogP contribution in [0.2, 0.25) is 0 Å². The highest BCUT2D eigenvalue weighted by molar-refractivity contribution is 5.70. The predicted molar refractivity (Wildman–Crippen MR) is 76.0 cm³/mol. The lowest BCUT2D eigenvalue weighted by Crippen LogP contribution is -2.27. The topological polar surface area (TPSA) is 55.8 Å². The van der Waals surface area contributed by atoms with Gasteiger partial charge in [0.25, 0.3) is 0 Å². The van der Waals surface area contributed by atoms with Crippen LogP contribution in [0.1, 0.15) is 31.2 Å². The van der Waals surface area contributed by atoms with Crippen LogP contribution in [0.25, 0.3) is 0 Å². The highest BCUT2D eigenvalue weighted by atomic mass is 16.5. The van der Waals surface area contributed by atoms with Gasteiger partial charge in [0.1, 0.15) is 12.4 Å². The zero-order valence-corrected chi connectivity index (χ0v) is 11.9. The van der Waals surface area contributed by atoms with E-state index in [2.05, 4.69) is 0 Å². The second kappa shape index (κ2) is 7.29. The van der Waals surface area contributed by atoms with Crippen LogP contribution in [-0.2, 0) is 9.53 Å². The fraction of sp³-hybridized carbons (Fsp3) is 0.562. The summed E-state index contributed by atoms with van der Waals surface area (Å²) in [5.74, 6) is -0.00130. The molecule has 0 saturated heterocycles. The third-order valence-electron chi connectivity index (χ3n) is 3.75. The average molecular weight is 278 g/mol. The van der Waals surface area contributed by atoms with Crippen molar-refractivity contribution < 1.29 is 19.4 Å². The van der Waals surface area contributed by atoms with Crippen LogP contribution in [0.4, 0.5) is 0 Å². The molecule has 0 aliphatic heterocycles. The van der Waals surface area contributed by atoms with Gasteiger partial charge in [-0.3, -0.25) is 4.79 Å². The number of aryl methyl sites for hydroxylation is 1. The number of carboxylic acid groups (broad SMARTS) is 1. The van der Waals surface area contributed by atoms with E-state index in [9.17, 15) is 4.79 Å². The summed E-state index contributed by atoms with van der Waals surface area (Å²) in [6.45, 7) is 3.12. The molecule has 1 aliphatic carbocycles. The number of carboxylic acids is 1. The minimum Gasteiger partial charge on any atom is -0.491 e. The van der Waals surface area contributed by atoms with Crippen molar-refractivity contribution in [2.24, 2.45) is 5.92 Å². The van der Waals surface area contributed by atoms with Crippen LogP contribution in [0.3, 0.4) is 0 Å². The minimum absolute atomic E-state index is 0.182. The van der Waals surface area contributed by atoms with Gasteiger partial charge in [-0.25, -0.2) is 0 Å². The Morgan fingerprint density at radius 1 is 1.15 bits per heavy atom. The van der Waals surface area contributed by atoms with Crippen LogP contribution >= 0.6 is 0 Å². The number of rotatable bonds is 6. The lowest BCUT2D eigenvalue weighted by atomic mass is 9.87. The highest BCUT2D eigenvalue weighted by Crippen LogP contribution is 2.26. The van der Waals surface area contributed by atoms with E-state index in [0.29, 0.717) is 13.2 Å². The first-order valence-corrected chi connectivity index (χ1v) is 7.19. The molecule has 1 fully saturated rings. The Morgan fingerprint density at radius 2 is 1.80 bits per heavy atom. The Hall–Kier alpha value is -1.55. The lowest BCUT2D eigenvalue weighted by molar-refractivity contribution is -0.143. The second-order valence-electron chi connectivity index (χ2n) is 5.34. The van der Waals surface area contributed by atoms with Crippen LogP contribution in [0.15, 0.2) is 24.3 Å². The summed E-state index contributed by atoms with van der Waals surface area (Å²) in [5.41, 5.74) is 1.21. The highest BCUT2D eigenvalue weighted by Gasteiger charge is 2.26. The standard InChI is InChI=1S/C16H22O4/c1-12-2-6-14(7-3-12)19-10-11-20-15-8-4-13(5-9-15)16(17)18/h2-3,6-7,13,15H,4-5,8-11H2,1H3,(H,17,18). The summed E-state index contributed by atoms with van der Waals surface area (Å²) in [6.07, 6.45) is 3.30. The van der Waals surface area contributed by atoms with Gasteiger partial charge in [0.15, 0.2) is 0 Å². The van der Waals surface area contributed by atoms with Crippen LogP contribution in [0.5, 0.6) is 5.75 Å². The van der Waals surface area contributed by atoms with Gasteiger partial charge in [-0.05, 0) is 44.7 Å². The number of hydrogen-bond donors (Lipinski definition) is 1. The van der Waals surface area contributed by atoms with Crippen LogP contribution < -0.4 is 4.74 Å². The first-order chi connectivity index (χ1) is 9.65. The molecule has 0 heterocycles. The van der Waals surface area contributed by atoms with Crippen molar-refractivity contribution in [2.45, 2.75) is 38.7 Å². The molecule has 1 N–H and O–H groups in total. The van der Waals surface area contributed by atoms with E-state index in [1.54, 1.807) is 0 Å². The molecule has 0 spiro atoms. The summed E-state index contributed by atoms with van der Waals surface area (Å²) < 4.78 is 11.3. The smallest absolute Gasteiger partial charge is 0.306 e. The molecule has 2 rings (SSSR count). The molecule has 1 aliphatic rings. The molecule has 0 amide bonds. The molecular weight excluding hydrogens is 256 g/mol. The molecular formula is C16H22O4. The van der Waals surface area contributed by atoms with E-state index >= 15 is 0 Å². The largest absolute Gasteiger partial charge is 0.491 e. The van der Waals surface area contributed by atoms with Crippen molar-refractivity contribution in [3.05, 3.63) is 29.8 Å². The van der Waals surface area contributed by atoms with Crippen LogP contribution in [-0.4, -0.2) is 30.4 Å². The van der Waals surface area contributed by atoms with Crippen LogP contribution in [0, 0.1) is 12.8 Å². The van der Waals surface area contributed by atoms with Crippen molar-refractivity contribution >= 4 is 5.97 Å². The summed E-state index contributed by atoms with van der Waals surface area (Å²) in [7, 11) is 0. The lowest BCUT2D eigenvalue weighted by Gasteiger charge is -2.26. The molecule has 1 aromatic rings. The maximum atomic E-state index is 10.8. The summed E-state index contributed by atoms with van der Waals surface area (Å²) in [6, 6.07) is 7.94. The Kier molecular flexibility index (Phi) is 5.41. The van der Waals surface area contributed by atoms with Crippen molar-refractivity contribution in [3.8, 4) is 5.75 Å². The van der Waals surface area contributed by atoms with Crippen molar-refractivity contribution in [2.75, 3.05) is 13.2 Å². The molecule has 0 radical (unpaired) electrons. The van der Waals surface area contributed by atoms with Gasteiger partial charge >= 0.3 is 5.97 Å². The van der Waals surface area contributed by atoms with E-state index in [1.807, 2.05) is 31.2 Å². The summed E-state index contributed by atoms with van der Waals surface area (Å²) in [5, 5.41) is 8.92. The zero-order valence-electron chi connectivity index (χ0n) is 11.9. The molecule has 110 valence electrons. The Morgan fingerprint density at radius 3 is 2.40 bits per heavy atom. The van der Waals surface area contributed by atoms with E-state index in [4.69, 9.17) is 14.6 Å². The molecule has 0 aromatic heterocycles. The zero-order chi connectivity index (χ0) is 14.4. The maximum Gasteiger partial charge on any atom is 0.306 e. The third-order valence-corrected chi connectivity index (χ3v) is 3.75. The normalized spacial score (nSPS) is 22.4. The Bertz CT molecular complexity index is 419. The number of benzene rings is 1. The number of carbonyl (C=O) groups is 1. The molecule has 1 aromatic carbocycles. The van der Waals surface area contributed by atoms with Crippen molar-refractivity contribution in [3.63, 3.8) is 0 Å². The van der Waals surface area contributed by atoms with Gasteiger partial charge in [-0.1, -0.05) is 17.7 Å². The van der Waals surface area contributed by atoms with E-state index in [1.165, 1.54) is 5.56 Å². The van der Waals surface area contributed by atoms with Crippen molar-refractivity contribution in [1.82, 2.24) is 0 Å². The van der Waals surface area contributed by atoms with Gasteiger partial charge in [0, 0.05) is 0 Å². The molecule has 4 nitrogen and oxygen atoms in total. The first kappa shape index (κ1) is 14.9. The molecule has 0 atom stereocenters. The fourth-order valence-corrected chi connectivity index (χ4v) is 2.49. The quantitative estimate of drug-likeness (QED) is 0.813. The van der Waals surface area contributed by atoms with Gasteiger partial charge in [-0.2, -0.15) is 0 Å². The van der Waals surface area contributed by atoms with Gasteiger partial charge in [0.05, 0.1) is 18.6 Å². The first-order valence-electron chi connectivity index (χ1n) is 7.19. The number of ether oxygens (including phenoxy) is 2. The third kappa shape index (κ3) is 4.53. The molecule has 0 unspecified atom stereocenters. The van der Waals surface area contributed by atoms with E-state index in [0.717, 1.165) is 31.4 Å². The number of hydrogen-bond acceptors (Lipinski definition) is 3. The van der Waals surface area contributed by atoms with E-state index in [-0.39, 0.29) is 12.0 Å². The SMILES string of the molecule is Cc1ccc(OCCOC2CCC(C(=O)O)CC2)cc1. The number of aliphatic carboxylic acids is 1. The molecule has 4 heteroatoms. The average Bonchev–Trinajstić information content (AvgIpc) is 2.46. The predicted octanol–water partition coefficient (Wildman–Crippen LogP) is 3.03. The van der Waals surface area contributed by atoms with Crippen molar-refractivity contribution in [1.29, 1.82) is 0 Å². The molecule has 1 saturated carbocycles. The maximum absolute atomic E-state index is 10.8. The summed E-state index contributed by atoms with van der Waals surface area (Å²) >= 11 is 0. The second-order valence-corrected chi connectivity index (χ2v) is 5.34. The molecule has 20 heavy (non-hydrogen) atoms.